The number of benzene rings is 1. The van der Waals surface area contributed by atoms with Crippen LogP contribution >= 0.6 is 0 Å². The lowest BCUT2D eigenvalue weighted by atomic mass is 9.92. The first-order valence-electron chi connectivity index (χ1n) is 6.55. The number of hydrogen-bond donors (Lipinski definition) is 0. The van der Waals surface area contributed by atoms with Gasteiger partial charge in [0.1, 0.15) is 0 Å². The standard InChI is InChI=1S/C17H18/c1-2-3-7-13-9-6-11-16-15-10-5-4-8-14(15)12-17(13)16/h3-7,9-11,14H,2,8,12H2,1H3/b7-3-. The van der Waals surface area contributed by atoms with E-state index in [1.807, 2.05) is 0 Å². The Balaban J connectivity index is 2.07. The van der Waals surface area contributed by atoms with Crippen LogP contribution in [-0.2, 0) is 6.42 Å². The molecule has 0 fully saturated rings. The second-order valence-electron chi connectivity index (χ2n) is 4.87. The van der Waals surface area contributed by atoms with Crippen molar-refractivity contribution in [2.75, 3.05) is 0 Å². The highest BCUT2D eigenvalue weighted by Gasteiger charge is 2.27. The molecule has 1 atom stereocenters. The lowest BCUT2D eigenvalue weighted by Gasteiger charge is -2.12. The van der Waals surface area contributed by atoms with E-state index in [4.69, 9.17) is 0 Å². The lowest BCUT2D eigenvalue weighted by molar-refractivity contribution is 0.701. The summed E-state index contributed by atoms with van der Waals surface area (Å²) in [5.74, 6) is 0.728. The summed E-state index contributed by atoms with van der Waals surface area (Å²) in [7, 11) is 0. The SMILES string of the molecule is CC/C=C\c1cccc2c1CC1CC=CC=C21. The molecule has 1 unspecified atom stereocenters. The highest BCUT2D eigenvalue weighted by atomic mass is 14.3. The Bertz CT molecular complexity index is 515. The van der Waals surface area contributed by atoms with Gasteiger partial charge in [-0.15, -0.1) is 0 Å². The summed E-state index contributed by atoms with van der Waals surface area (Å²) in [6, 6.07) is 6.72. The van der Waals surface area contributed by atoms with E-state index in [1.165, 1.54) is 24.0 Å². The third-order valence-electron chi connectivity index (χ3n) is 3.78. The van der Waals surface area contributed by atoms with Crippen LogP contribution in [0, 0.1) is 5.92 Å². The van der Waals surface area contributed by atoms with Crippen molar-refractivity contribution in [2.45, 2.75) is 26.2 Å². The van der Waals surface area contributed by atoms with Crippen LogP contribution < -0.4 is 0 Å². The molecule has 0 heterocycles. The largest absolute Gasteiger partial charge is 0.0842 e. The van der Waals surface area contributed by atoms with E-state index in [0.29, 0.717) is 0 Å². The zero-order valence-corrected chi connectivity index (χ0v) is 10.3. The minimum atomic E-state index is 0.728. The molecule has 1 aromatic rings. The molecule has 0 saturated carbocycles. The number of hydrogen-bond acceptors (Lipinski definition) is 0. The molecule has 0 heteroatoms. The summed E-state index contributed by atoms with van der Waals surface area (Å²) in [6.07, 6.45) is 14.9. The van der Waals surface area contributed by atoms with E-state index in [1.54, 1.807) is 11.1 Å². The molecular weight excluding hydrogens is 204 g/mol. The van der Waals surface area contributed by atoms with Crippen LogP contribution in [0.4, 0.5) is 0 Å². The first kappa shape index (κ1) is 10.6. The second-order valence-corrected chi connectivity index (χ2v) is 4.87. The van der Waals surface area contributed by atoms with E-state index in [9.17, 15) is 0 Å². The molecule has 3 rings (SSSR count). The van der Waals surface area contributed by atoms with E-state index >= 15 is 0 Å². The highest BCUT2D eigenvalue weighted by molar-refractivity contribution is 5.79. The van der Waals surface area contributed by atoms with Crippen LogP contribution in [0.5, 0.6) is 0 Å². The lowest BCUT2D eigenvalue weighted by Crippen LogP contribution is -1.99. The monoisotopic (exact) mass is 222 g/mol. The van der Waals surface area contributed by atoms with Crippen LogP contribution in [-0.4, -0.2) is 0 Å². The maximum Gasteiger partial charge on any atom is -0.00803 e. The van der Waals surface area contributed by atoms with Crippen LogP contribution in [0.1, 0.15) is 36.5 Å². The molecule has 0 amide bonds. The van der Waals surface area contributed by atoms with Gasteiger partial charge < -0.3 is 0 Å². The number of allylic oxidation sites excluding steroid dienone is 5. The summed E-state index contributed by atoms with van der Waals surface area (Å²) < 4.78 is 0. The zero-order chi connectivity index (χ0) is 11.7. The number of fused-ring (bicyclic) bond motifs is 3. The molecule has 0 aliphatic heterocycles. The van der Waals surface area contributed by atoms with Crippen LogP contribution in [0.25, 0.3) is 11.6 Å². The van der Waals surface area contributed by atoms with Crippen molar-refractivity contribution in [1.82, 2.24) is 0 Å². The van der Waals surface area contributed by atoms with E-state index < -0.39 is 0 Å². The minimum Gasteiger partial charge on any atom is -0.0842 e. The quantitative estimate of drug-likeness (QED) is 0.684. The second kappa shape index (κ2) is 4.37. The average Bonchev–Trinajstić information content (AvgIpc) is 2.75. The normalized spacial score (nSPS) is 21.5. The van der Waals surface area contributed by atoms with Gasteiger partial charge in [-0.05, 0) is 47.4 Å². The third kappa shape index (κ3) is 1.78. The van der Waals surface area contributed by atoms with Crippen LogP contribution in [0.15, 0.2) is 42.5 Å². The third-order valence-corrected chi connectivity index (χ3v) is 3.78. The molecule has 2 aliphatic rings. The molecule has 0 bridgehead atoms. The fourth-order valence-corrected chi connectivity index (χ4v) is 2.93. The number of rotatable bonds is 2. The van der Waals surface area contributed by atoms with Crippen molar-refractivity contribution in [2.24, 2.45) is 5.92 Å². The maximum absolute atomic E-state index is 2.30. The van der Waals surface area contributed by atoms with Gasteiger partial charge in [0.05, 0.1) is 0 Å². The van der Waals surface area contributed by atoms with Gasteiger partial charge in [0.15, 0.2) is 0 Å². The summed E-state index contributed by atoms with van der Waals surface area (Å²) in [5.41, 5.74) is 6.00. The Labute approximate surface area is 103 Å². The molecule has 86 valence electrons. The van der Waals surface area contributed by atoms with Gasteiger partial charge in [-0.25, -0.2) is 0 Å². The van der Waals surface area contributed by atoms with Crippen LogP contribution in [0.3, 0.4) is 0 Å². The zero-order valence-electron chi connectivity index (χ0n) is 10.3. The Kier molecular flexibility index (Phi) is 2.72. The van der Waals surface area contributed by atoms with Gasteiger partial charge in [-0.2, -0.15) is 0 Å². The topological polar surface area (TPSA) is 0 Å². The summed E-state index contributed by atoms with van der Waals surface area (Å²) in [5, 5.41) is 0. The van der Waals surface area contributed by atoms with Gasteiger partial charge in [0.25, 0.3) is 0 Å². The Hall–Kier alpha value is -1.56. The van der Waals surface area contributed by atoms with Crippen molar-refractivity contribution in [3.8, 4) is 0 Å². The minimum absolute atomic E-state index is 0.728. The summed E-state index contributed by atoms with van der Waals surface area (Å²) in [6.45, 7) is 2.19. The van der Waals surface area contributed by atoms with Gasteiger partial charge >= 0.3 is 0 Å². The van der Waals surface area contributed by atoms with Crippen molar-refractivity contribution in [3.05, 3.63) is 59.2 Å². The highest BCUT2D eigenvalue weighted by Crippen LogP contribution is 2.42. The molecule has 0 spiro atoms. The average molecular weight is 222 g/mol. The summed E-state index contributed by atoms with van der Waals surface area (Å²) in [4.78, 5) is 0. The van der Waals surface area contributed by atoms with Gasteiger partial charge in [0.2, 0.25) is 0 Å². The van der Waals surface area contributed by atoms with Crippen molar-refractivity contribution >= 4 is 11.6 Å². The van der Waals surface area contributed by atoms with Gasteiger partial charge in [-0.1, -0.05) is 55.5 Å². The molecule has 1 aromatic carbocycles. The van der Waals surface area contributed by atoms with Crippen molar-refractivity contribution in [3.63, 3.8) is 0 Å². The fraction of sp³-hybridized carbons (Fsp3) is 0.294. The molecule has 0 nitrogen and oxygen atoms in total. The van der Waals surface area contributed by atoms with Gasteiger partial charge in [-0.3, -0.25) is 0 Å². The Morgan fingerprint density at radius 2 is 2.29 bits per heavy atom. The predicted octanol–water partition coefficient (Wildman–Crippen LogP) is 4.63. The molecule has 17 heavy (non-hydrogen) atoms. The molecule has 0 radical (unpaired) electrons. The smallest absolute Gasteiger partial charge is 0.00803 e. The first-order chi connectivity index (χ1) is 8.40. The first-order valence-corrected chi connectivity index (χ1v) is 6.55. The fourth-order valence-electron chi connectivity index (χ4n) is 2.93. The Morgan fingerprint density at radius 3 is 3.18 bits per heavy atom. The summed E-state index contributed by atoms with van der Waals surface area (Å²) >= 11 is 0. The molecular formula is C17H18. The van der Waals surface area contributed by atoms with E-state index in [-0.39, 0.29) is 0 Å². The Morgan fingerprint density at radius 1 is 1.35 bits per heavy atom. The predicted molar refractivity (Wildman–Crippen MR) is 74.7 cm³/mol. The molecule has 0 saturated heterocycles. The van der Waals surface area contributed by atoms with Gasteiger partial charge in [0, 0.05) is 0 Å². The van der Waals surface area contributed by atoms with Crippen LogP contribution in [0.2, 0.25) is 0 Å². The maximum atomic E-state index is 2.30. The molecule has 0 aromatic heterocycles. The molecule has 2 aliphatic carbocycles. The molecule has 0 N–H and O–H groups in total. The van der Waals surface area contributed by atoms with Crippen molar-refractivity contribution in [1.29, 1.82) is 0 Å². The van der Waals surface area contributed by atoms with Crippen molar-refractivity contribution < 1.29 is 0 Å². The van der Waals surface area contributed by atoms with E-state index in [0.717, 1.165) is 12.3 Å². The van der Waals surface area contributed by atoms with E-state index in [2.05, 4.69) is 55.5 Å².